The van der Waals surface area contributed by atoms with Crippen molar-refractivity contribution < 1.29 is 9.26 Å². The molecule has 1 heterocycles. The summed E-state index contributed by atoms with van der Waals surface area (Å²) in [5, 5.41) is 4.61. The van der Waals surface area contributed by atoms with Crippen LogP contribution in [0.2, 0.25) is 5.02 Å². The second kappa shape index (κ2) is 6.50. The zero-order chi connectivity index (χ0) is 15.5. The molecule has 0 aliphatic carbocycles. The Morgan fingerprint density at radius 1 is 1.18 bits per heavy atom. The fraction of sp³-hybridized carbons (Fsp3) is 0.125. The highest BCUT2D eigenvalue weighted by Gasteiger charge is 2.17. The molecule has 0 aliphatic rings. The molecule has 0 bridgehead atoms. The molecular formula is C16H12BrClN2O2. The van der Waals surface area contributed by atoms with Crippen molar-refractivity contribution in [2.24, 2.45) is 0 Å². The van der Waals surface area contributed by atoms with Crippen molar-refractivity contribution in [2.75, 3.05) is 0 Å². The molecule has 0 saturated carbocycles. The monoisotopic (exact) mass is 378 g/mol. The summed E-state index contributed by atoms with van der Waals surface area (Å²) < 4.78 is 12.0. The van der Waals surface area contributed by atoms with Crippen LogP contribution in [0, 0.1) is 0 Å². The van der Waals surface area contributed by atoms with Gasteiger partial charge in [-0.05, 0) is 37.3 Å². The molecule has 112 valence electrons. The highest BCUT2D eigenvalue weighted by molar-refractivity contribution is 9.10. The fourth-order valence-corrected chi connectivity index (χ4v) is 2.52. The van der Waals surface area contributed by atoms with Crippen LogP contribution in [0.1, 0.15) is 18.9 Å². The lowest BCUT2D eigenvalue weighted by Crippen LogP contribution is -2.03. The van der Waals surface area contributed by atoms with Crippen LogP contribution in [0.15, 0.2) is 57.5 Å². The third-order valence-corrected chi connectivity index (χ3v) is 3.71. The van der Waals surface area contributed by atoms with Crippen molar-refractivity contribution in [2.45, 2.75) is 13.0 Å². The number of nitrogens with zero attached hydrogens (tertiary/aromatic N) is 2. The highest BCUT2D eigenvalue weighted by Crippen LogP contribution is 2.26. The van der Waals surface area contributed by atoms with Crippen LogP contribution >= 0.6 is 27.5 Å². The number of aromatic nitrogens is 2. The highest BCUT2D eigenvalue weighted by atomic mass is 79.9. The van der Waals surface area contributed by atoms with Gasteiger partial charge in [-0.25, -0.2) is 0 Å². The Morgan fingerprint density at radius 2 is 2.00 bits per heavy atom. The van der Waals surface area contributed by atoms with Gasteiger partial charge in [-0.15, -0.1) is 0 Å². The van der Waals surface area contributed by atoms with Gasteiger partial charge in [-0.3, -0.25) is 0 Å². The van der Waals surface area contributed by atoms with E-state index >= 15 is 0 Å². The lowest BCUT2D eigenvalue weighted by molar-refractivity contribution is 0.176. The third kappa shape index (κ3) is 3.48. The number of ether oxygens (including phenoxy) is 1. The van der Waals surface area contributed by atoms with Gasteiger partial charge in [0.1, 0.15) is 5.75 Å². The number of benzene rings is 2. The van der Waals surface area contributed by atoms with Gasteiger partial charge in [0.25, 0.3) is 5.89 Å². The Balaban J connectivity index is 1.78. The molecule has 0 amide bonds. The Bertz CT molecular complexity index is 791. The molecule has 0 fully saturated rings. The summed E-state index contributed by atoms with van der Waals surface area (Å²) in [6.45, 7) is 1.85. The van der Waals surface area contributed by atoms with Gasteiger partial charge >= 0.3 is 0 Å². The topological polar surface area (TPSA) is 48.2 Å². The minimum atomic E-state index is -0.369. The SMILES string of the molecule is C[C@@H](Oc1cccc(Cl)c1)c1nc(-c2cccc(Br)c2)no1. The van der Waals surface area contributed by atoms with Gasteiger partial charge < -0.3 is 9.26 Å². The zero-order valence-corrected chi connectivity index (χ0v) is 14.0. The third-order valence-electron chi connectivity index (χ3n) is 2.98. The van der Waals surface area contributed by atoms with Crippen molar-refractivity contribution in [3.8, 4) is 17.1 Å². The number of hydrogen-bond acceptors (Lipinski definition) is 4. The zero-order valence-electron chi connectivity index (χ0n) is 11.7. The Morgan fingerprint density at radius 3 is 2.77 bits per heavy atom. The molecule has 6 heteroatoms. The standard InChI is InChI=1S/C16H12BrClN2O2/c1-10(21-14-7-3-6-13(18)9-14)16-19-15(20-22-16)11-4-2-5-12(17)8-11/h2-10H,1H3/t10-/m1/s1. The summed E-state index contributed by atoms with van der Waals surface area (Å²) in [5.41, 5.74) is 0.874. The number of rotatable bonds is 4. The average molecular weight is 380 g/mol. The average Bonchev–Trinajstić information content (AvgIpc) is 2.97. The van der Waals surface area contributed by atoms with Gasteiger partial charge in [0.2, 0.25) is 5.82 Å². The molecule has 0 N–H and O–H groups in total. The van der Waals surface area contributed by atoms with Crippen molar-refractivity contribution in [1.29, 1.82) is 0 Å². The number of hydrogen-bond donors (Lipinski definition) is 0. The molecule has 0 saturated heterocycles. The summed E-state index contributed by atoms with van der Waals surface area (Å²) in [6, 6.07) is 14.9. The molecule has 0 radical (unpaired) electrons. The van der Waals surface area contributed by atoms with Crippen LogP contribution in [0.5, 0.6) is 5.75 Å². The van der Waals surface area contributed by atoms with E-state index in [2.05, 4.69) is 26.1 Å². The quantitative estimate of drug-likeness (QED) is 0.618. The van der Waals surface area contributed by atoms with Gasteiger partial charge in [0.05, 0.1) is 0 Å². The Hall–Kier alpha value is -1.85. The van der Waals surface area contributed by atoms with E-state index in [9.17, 15) is 0 Å². The summed E-state index contributed by atoms with van der Waals surface area (Å²) in [5.74, 6) is 1.59. The summed E-state index contributed by atoms with van der Waals surface area (Å²) >= 11 is 9.36. The first-order valence-corrected chi connectivity index (χ1v) is 7.81. The van der Waals surface area contributed by atoms with E-state index in [4.69, 9.17) is 20.9 Å². The summed E-state index contributed by atoms with van der Waals surface area (Å²) in [4.78, 5) is 4.38. The van der Waals surface area contributed by atoms with Crippen molar-refractivity contribution in [3.63, 3.8) is 0 Å². The van der Waals surface area contributed by atoms with E-state index in [1.807, 2.05) is 43.3 Å². The van der Waals surface area contributed by atoms with E-state index < -0.39 is 0 Å². The van der Waals surface area contributed by atoms with Crippen LogP contribution in [-0.2, 0) is 0 Å². The van der Waals surface area contributed by atoms with E-state index in [0.29, 0.717) is 22.5 Å². The first-order chi connectivity index (χ1) is 10.6. The predicted octanol–water partition coefficient (Wildman–Crippen LogP) is 5.29. The number of halogens is 2. The van der Waals surface area contributed by atoms with Crippen LogP contribution in [0.4, 0.5) is 0 Å². The second-order valence-electron chi connectivity index (χ2n) is 4.68. The molecule has 1 aromatic heterocycles. The molecule has 3 rings (SSSR count). The van der Waals surface area contributed by atoms with Gasteiger partial charge in [-0.1, -0.05) is 50.9 Å². The maximum atomic E-state index is 5.94. The van der Waals surface area contributed by atoms with E-state index in [0.717, 1.165) is 10.0 Å². The van der Waals surface area contributed by atoms with Crippen LogP contribution in [-0.4, -0.2) is 10.1 Å². The maximum Gasteiger partial charge on any atom is 0.267 e. The van der Waals surface area contributed by atoms with Crippen molar-refractivity contribution in [1.82, 2.24) is 10.1 Å². The summed E-state index contributed by atoms with van der Waals surface area (Å²) in [6.07, 6.45) is -0.369. The van der Waals surface area contributed by atoms with E-state index in [-0.39, 0.29) is 6.10 Å². The lowest BCUT2D eigenvalue weighted by Gasteiger charge is -2.10. The smallest absolute Gasteiger partial charge is 0.267 e. The van der Waals surface area contributed by atoms with Gasteiger partial charge in [-0.2, -0.15) is 4.98 Å². The Labute approximate surface area is 141 Å². The molecule has 3 aromatic rings. The summed E-state index contributed by atoms with van der Waals surface area (Å²) in [7, 11) is 0. The van der Waals surface area contributed by atoms with Crippen LogP contribution in [0.3, 0.4) is 0 Å². The molecule has 1 atom stereocenters. The van der Waals surface area contributed by atoms with Crippen LogP contribution in [0.25, 0.3) is 11.4 Å². The minimum Gasteiger partial charge on any atom is -0.481 e. The second-order valence-corrected chi connectivity index (χ2v) is 6.04. The first-order valence-electron chi connectivity index (χ1n) is 6.63. The predicted molar refractivity (Wildman–Crippen MR) is 87.9 cm³/mol. The van der Waals surface area contributed by atoms with Gasteiger partial charge in [0, 0.05) is 15.1 Å². The molecule has 4 nitrogen and oxygen atoms in total. The fourth-order valence-electron chi connectivity index (χ4n) is 1.94. The van der Waals surface area contributed by atoms with Gasteiger partial charge in [0.15, 0.2) is 6.10 Å². The molecular weight excluding hydrogens is 368 g/mol. The lowest BCUT2D eigenvalue weighted by atomic mass is 10.2. The largest absolute Gasteiger partial charge is 0.481 e. The van der Waals surface area contributed by atoms with E-state index in [1.54, 1.807) is 12.1 Å². The molecule has 0 spiro atoms. The molecule has 2 aromatic carbocycles. The van der Waals surface area contributed by atoms with Crippen molar-refractivity contribution >= 4 is 27.5 Å². The first kappa shape index (κ1) is 15.1. The normalized spacial score (nSPS) is 12.1. The van der Waals surface area contributed by atoms with Crippen molar-refractivity contribution in [3.05, 3.63) is 63.9 Å². The molecule has 0 unspecified atom stereocenters. The molecule has 0 aliphatic heterocycles. The minimum absolute atomic E-state index is 0.369. The maximum absolute atomic E-state index is 5.94. The molecule has 22 heavy (non-hydrogen) atoms. The van der Waals surface area contributed by atoms with E-state index in [1.165, 1.54) is 0 Å². The Kier molecular flexibility index (Phi) is 4.45. The van der Waals surface area contributed by atoms with Crippen LogP contribution < -0.4 is 4.74 Å².